The number of nitrogens with zero attached hydrogens (tertiary/aromatic N) is 4. The maximum absolute atomic E-state index is 6.36. The number of aryl methyl sites for hydroxylation is 1. The Morgan fingerprint density at radius 1 is 0.974 bits per heavy atom. The zero-order chi connectivity index (χ0) is 27.4. The number of benzene rings is 2. The highest BCUT2D eigenvalue weighted by Crippen LogP contribution is 2.43. The Morgan fingerprint density at radius 3 is 2.38 bits per heavy atom. The molecule has 0 amide bonds. The van der Waals surface area contributed by atoms with E-state index >= 15 is 0 Å². The molecule has 2 fully saturated rings. The van der Waals surface area contributed by atoms with Gasteiger partial charge in [0.25, 0.3) is 0 Å². The van der Waals surface area contributed by atoms with Crippen LogP contribution in [0.3, 0.4) is 0 Å². The van der Waals surface area contributed by atoms with Crippen LogP contribution in [0.5, 0.6) is 17.4 Å². The number of para-hydroxylation sites is 1. The highest BCUT2D eigenvalue weighted by molar-refractivity contribution is 7.64. The van der Waals surface area contributed by atoms with Crippen molar-refractivity contribution < 1.29 is 9.47 Å². The molecule has 0 saturated carbocycles. The number of piperidine rings is 2. The molecule has 1 spiro atoms. The number of nitrogens with one attached hydrogen (secondary N) is 1. The smallest absolute Gasteiger partial charge is 0.230 e. The predicted molar refractivity (Wildman–Crippen MR) is 163 cm³/mol. The molecule has 0 bridgehead atoms. The number of hydrogen-bond donors (Lipinski definition) is 1. The second-order valence-corrected chi connectivity index (χ2v) is 13.4. The van der Waals surface area contributed by atoms with Crippen molar-refractivity contribution >= 4 is 30.5 Å². The summed E-state index contributed by atoms with van der Waals surface area (Å²) >= 11 is 0. The van der Waals surface area contributed by atoms with E-state index < -0.39 is 0 Å². The van der Waals surface area contributed by atoms with E-state index in [1.54, 1.807) is 7.11 Å². The Kier molecular flexibility index (Phi) is 8.58. The minimum absolute atomic E-state index is 0.303. The zero-order valence-corrected chi connectivity index (χ0v) is 24.9. The molecule has 2 saturated heterocycles. The van der Waals surface area contributed by atoms with Gasteiger partial charge in [0.05, 0.1) is 12.8 Å². The van der Waals surface area contributed by atoms with Crippen molar-refractivity contribution in [3.63, 3.8) is 0 Å². The van der Waals surface area contributed by atoms with Gasteiger partial charge in [0.2, 0.25) is 11.8 Å². The fourth-order valence-electron chi connectivity index (χ4n) is 5.73. The van der Waals surface area contributed by atoms with Crippen molar-refractivity contribution in [3.05, 3.63) is 54.2 Å². The van der Waals surface area contributed by atoms with Gasteiger partial charge in [-0.2, -0.15) is 4.98 Å². The van der Waals surface area contributed by atoms with Crippen LogP contribution in [0.25, 0.3) is 0 Å². The summed E-state index contributed by atoms with van der Waals surface area (Å²) in [6, 6.07) is 14.6. The Hall–Kier alpha value is -2.89. The topological polar surface area (TPSA) is 62.8 Å². The van der Waals surface area contributed by atoms with E-state index in [4.69, 9.17) is 14.5 Å². The third-order valence-corrected chi connectivity index (χ3v) is 9.76. The van der Waals surface area contributed by atoms with Crippen LogP contribution in [0.1, 0.15) is 38.2 Å². The van der Waals surface area contributed by atoms with Gasteiger partial charge in [-0.05, 0) is 89.2 Å². The largest absolute Gasteiger partial charge is 0.494 e. The van der Waals surface area contributed by atoms with Gasteiger partial charge in [0, 0.05) is 41.9 Å². The maximum Gasteiger partial charge on any atom is 0.230 e. The second-order valence-electron chi connectivity index (χ2n) is 11.1. The minimum Gasteiger partial charge on any atom is -0.494 e. The number of methoxy groups -OCH3 is 1. The molecule has 0 unspecified atom stereocenters. The first-order chi connectivity index (χ1) is 18.9. The van der Waals surface area contributed by atoms with Crippen LogP contribution in [0.15, 0.2) is 48.7 Å². The number of rotatable bonds is 8. The summed E-state index contributed by atoms with van der Waals surface area (Å²) in [6.07, 6.45) is 7.83. The van der Waals surface area contributed by atoms with Gasteiger partial charge in [0.1, 0.15) is 11.5 Å². The van der Waals surface area contributed by atoms with Gasteiger partial charge in [-0.1, -0.05) is 33.0 Å². The van der Waals surface area contributed by atoms with Crippen molar-refractivity contribution in [2.75, 3.05) is 63.9 Å². The van der Waals surface area contributed by atoms with Crippen molar-refractivity contribution in [2.45, 2.75) is 39.0 Å². The molecule has 2 aliphatic rings. The Balaban J connectivity index is 1.31. The number of hydrogen-bond acceptors (Lipinski definition) is 7. The third-order valence-electron chi connectivity index (χ3n) is 8.43. The van der Waals surface area contributed by atoms with Gasteiger partial charge in [0.15, 0.2) is 0 Å². The highest BCUT2D eigenvalue weighted by Gasteiger charge is 2.37. The second kappa shape index (κ2) is 12.1. The SMILES string of the molecule is CCc1cnc(Nc2ccc(N3CCC4(CCN(C)CC4)CC3)cc2OC)nc1Oc1ccccc1P(C)C. The summed E-state index contributed by atoms with van der Waals surface area (Å²) in [5.74, 6) is 2.72. The van der Waals surface area contributed by atoms with Crippen LogP contribution >= 0.6 is 7.92 Å². The number of ether oxygens (including phenoxy) is 2. The van der Waals surface area contributed by atoms with E-state index in [2.05, 4.69) is 77.7 Å². The first-order valence-corrected chi connectivity index (χ1v) is 16.3. The monoisotopic (exact) mass is 547 g/mol. The molecule has 7 nitrogen and oxygen atoms in total. The van der Waals surface area contributed by atoms with Gasteiger partial charge in [-0.3, -0.25) is 0 Å². The fraction of sp³-hybridized carbons (Fsp3) is 0.484. The van der Waals surface area contributed by atoms with E-state index in [9.17, 15) is 0 Å². The average molecular weight is 548 g/mol. The molecule has 208 valence electrons. The molecular formula is C31H42N5O2P. The summed E-state index contributed by atoms with van der Waals surface area (Å²) in [6.45, 7) is 11.2. The molecule has 5 rings (SSSR count). The van der Waals surface area contributed by atoms with Gasteiger partial charge in [-0.15, -0.1) is 0 Å². The van der Waals surface area contributed by atoms with Crippen molar-refractivity contribution in [2.24, 2.45) is 5.41 Å². The number of likely N-dealkylation sites (tertiary alicyclic amines) is 1. The Morgan fingerprint density at radius 2 is 1.69 bits per heavy atom. The molecule has 0 radical (unpaired) electrons. The Labute approximate surface area is 234 Å². The molecule has 8 heteroatoms. The van der Waals surface area contributed by atoms with Crippen LogP contribution in [0.2, 0.25) is 0 Å². The predicted octanol–water partition coefficient (Wildman–Crippen LogP) is 6.26. The molecular weight excluding hydrogens is 505 g/mol. The van der Waals surface area contributed by atoms with E-state index in [-0.39, 0.29) is 7.92 Å². The standard InChI is InChI=1S/C31H42N5O2P/c1-6-23-22-32-30(34-29(23)38-26-9-7-8-10-28(26)39(4)5)33-25-12-11-24(21-27(25)37-3)36-19-15-31(16-20-36)13-17-35(2)18-14-31/h7-12,21-22H,6,13-20H2,1-5H3,(H,32,33,34). The van der Waals surface area contributed by atoms with Crippen molar-refractivity contribution in [1.82, 2.24) is 14.9 Å². The van der Waals surface area contributed by atoms with Gasteiger partial charge < -0.3 is 24.6 Å². The zero-order valence-electron chi connectivity index (χ0n) is 24.0. The maximum atomic E-state index is 6.36. The first kappa shape index (κ1) is 27.7. The quantitative estimate of drug-likeness (QED) is 0.334. The van der Waals surface area contributed by atoms with Crippen molar-refractivity contribution in [3.8, 4) is 17.4 Å². The normalized spacial score (nSPS) is 17.4. The lowest BCUT2D eigenvalue weighted by Gasteiger charge is -2.47. The summed E-state index contributed by atoms with van der Waals surface area (Å²) in [5.41, 5.74) is 3.55. The van der Waals surface area contributed by atoms with E-state index in [1.807, 2.05) is 18.3 Å². The van der Waals surface area contributed by atoms with Crippen LogP contribution in [0, 0.1) is 5.41 Å². The molecule has 0 atom stereocenters. The lowest BCUT2D eigenvalue weighted by atomic mass is 9.71. The highest BCUT2D eigenvalue weighted by atomic mass is 31.1. The number of aromatic nitrogens is 2. The minimum atomic E-state index is -0.303. The summed E-state index contributed by atoms with van der Waals surface area (Å²) in [7, 11) is 3.66. The number of anilines is 3. The van der Waals surface area contributed by atoms with Crippen LogP contribution < -0.4 is 25.0 Å². The van der Waals surface area contributed by atoms with Gasteiger partial charge >= 0.3 is 0 Å². The van der Waals surface area contributed by atoms with E-state index in [1.165, 1.54) is 49.8 Å². The van der Waals surface area contributed by atoms with E-state index in [0.717, 1.165) is 42.3 Å². The van der Waals surface area contributed by atoms with Crippen molar-refractivity contribution in [1.29, 1.82) is 0 Å². The lowest BCUT2D eigenvalue weighted by molar-refractivity contribution is 0.0945. The van der Waals surface area contributed by atoms with Crippen LogP contribution in [0.4, 0.5) is 17.3 Å². The summed E-state index contributed by atoms with van der Waals surface area (Å²) in [5, 5.41) is 4.59. The molecule has 1 N–H and O–H groups in total. The molecule has 0 aliphatic carbocycles. The molecule has 39 heavy (non-hydrogen) atoms. The van der Waals surface area contributed by atoms with Crippen LogP contribution in [-0.4, -0.2) is 68.5 Å². The van der Waals surface area contributed by atoms with Gasteiger partial charge in [-0.25, -0.2) is 4.98 Å². The van der Waals surface area contributed by atoms with Crippen LogP contribution in [-0.2, 0) is 6.42 Å². The summed E-state index contributed by atoms with van der Waals surface area (Å²) in [4.78, 5) is 14.3. The fourth-order valence-corrected chi connectivity index (χ4v) is 6.68. The third kappa shape index (κ3) is 6.31. The lowest BCUT2D eigenvalue weighted by Crippen LogP contribution is -2.46. The Bertz CT molecular complexity index is 1270. The molecule has 3 aromatic rings. The van der Waals surface area contributed by atoms with E-state index in [0.29, 0.717) is 17.2 Å². The first-order valence-electron chi connectivity index (χ1n) is 14.1. The molecule has 2 aliphatic heterocycles. The molecule has 2 aromatic carbocycles. The average Bonchev–Trinajstić information content (AvgIpc) is 2.96. The molecule has 1 aromatic heterocycles. The molecule has 3 heterocycles. The summed E-state index contributed by atoms with van der Waals surface area (Å²) < 4.78 is 12.2.